The quantitative estimate of drug-likeness (QED) is 0.710. The molecule has 0 aliphatic rings. The molecule has 1 aromatic heterocycles. The van der Waals surface area contributed by atoms with Crippen molar-refractivity contribution in [3.63, 3.8) is 0 Å². The highest BCUT2D eigenvalue weighted by molar-refractivity contribution is 14.1. The van der Waals surface area contributed by atoms with Crippen LogP contribution >= 0.6 is 22.6 Å². The maximum atomic E-state index is 13.4. The molecule has 1 nitrogen and oxygen atoms in total. The van der Waals surface area contributed by atoms with E-state index in [1.165, 1.54) is 6.07 Å². The maximum absolute atomic E-state index is 13.4. The fourth-order valence-corrected chi connectivity index (χ4v) is 1.64. The van der Waals surface area contributed by atoms with Gasteiger partial charge in [0.15, 0.2) is 0 Å². The second-order valence-corrected chi connectivity index (χ2v) is 3.93. The standard InChI is InChI=1S/C10H7FIN/c11-9-7-8(12)3-4-10(9)13-5-1-2-6-13/h1-7H. The van der Waals surface area contributed by atoms with Crippen molar-refractivity contribution in [2.45, 2.75) is 0 Å². The Morgan fingerprint density at radius 3 is 2.46 bits per heavy atom. The Morgan fingerprint density at radius 2 is 1.85 bits per heavy atom. The SMILES string of the molecule is Fc1cc(I)ccc1-n1cccc1. The molecule has 0 saturated heterocycles. The van der Waals surface area contributed by atoms with Gasteiger partial charge in [-0.2, -0.15) is 0 Å². The van der Waals surface area contributed by atoms with E-state index in [0.717, 1.165) is 3.57 Å². The number of aromatic nitrogens is 1. The van der Waals surface area contributed by atoms with Gasteiger partial charge in [0.05, 0.1) is 5.69 Å². The first kappa shape index (κ1) is 8.74. The molecule has 0 fully saturated rings. The maximum Gasteiger partial charge on any atom is 0.148 e. The van der Waals surface area contributed by atoms with Gasteiger partial charge in [0.1, 0.15) is 5.82 Å². The number of rotatable bonds is 1. The summed E-state index contributed by atoms with van der Waals surface area (Å²) in [6.07, 6.45) is 3.65. The third-order valence-electron chi connectivity index (χ3n) is 1.79. The van der Waals surface area contributed by atoms with Gasteiger partial charge in [-0.15, -0.1) is 0 Å². The van der Waals surface area contributed by atoms with E-state index in [9.17, 15) is 4.39 Å². The van der Waals surface area contributed by atoms with Crippen LogP contribution in [0.2, 0.25) is 0 Å². The first-order valence-corrected chi connectivity index (χ1v) is 4.93. The highest BCUT2D eigenvalue weighted by Crippen LogP contribution is 2.16. The number of hydrogen-bond acceptors (Lipinski definition) is 0. The minimum Gasteiger partial charge on any atom is -0.321 e. The fourth-order valence-electron chi connectivity index (χ4n) is 1.19. The van der Waals surface area contributed by atoms with E-state index in [1.54, 1.807) is 10.6 Å². The van der Waals surface area contributed by atoms with Crippen LogP contribution in [0.1, 0.15) is 0 Å². The summed E-state index contributed by atoms with van der Waals surface area (Å²) < 4.78 is 16.1. The highest BCUT2D eigenvalue weighted by Gasteiger charge is 2.02. The van der Waals surface area contributed by atoms with Crippen molar-refractivity contribution in [3.8, 4) is 5.69 Å². The van der Waals surface area contributed by atoms with Gasteiger partial charge in [-0.1, -0.05) is 0 Å². The van der Waals surface area contributed by atoms with Gasteiger partial charge < -0.3 is 4.57 Å². The summed E-state index contributed by atoms with van der Waals surface area (Å²) in [5, 5.41) is 0. The van der Waals surface area contributed by atoms with Crippen LogP contribution in [0.3, 0.4) is 0 Å². The molecule has 66 valence electrons. The molecule has 13 heavy (non-hydrogen) atoms. The number of halogens is 2. The van der Waals surface area contributed by atoms with Crippen molar-refractivity contribution in [1.29, 1.82) is 0 Å². The molecule has 0 atom stereocenters. The third kappa shape index (κ3) is 1.75. The summed E-state index contributed by atoms with van der Waals surface area (Å²) in [5.74, 6) is -0.192. The smallest absolute Gasteiger partial charge is 0.148 e. The molecule has 2 rings (SSSR count). The predicted octanol–water partition coefficient (Wildman–Crippen LogP) is 3.22. The molecule has 0 radical (unpaired) electrons. The minimum absolute atomic E-state index is 0.192. The molecule has 0 bridgehead atoms. The molecule has 1 aromatic carbocycles. The summed E-state index contributed by atoms with van der Waals surface area (Å²) in [6.45, 7) is 0. The molecule has 0 amide bonds. The van der Waals surface area contributed by atoms with Gasteiger partial charge in [0.2, 0.25) is 0 Å². The molecule has 0 aliphatic carbocycles. The Balaban J connectivity index is 2.53. The normalized spacial score (nSPS) is 10.3. The molecular formula is C10H7FIN. The topological polar surface area (TPSA) is 4.93 Å². The summed E-state index contributed by atoms with van der Waals surface area (Å²) in [5.41, 5.74) is 0.588. The highest BCUT2D eigenvalue weighted by atomic mass is 127. The van der Waals surface area contributed by atoms with E-state index >= 15 is 0 Å². The van der Waals surface area contributed by atoms with Crippen LogP contribution < -0.4 is 0 Å². The lowest BCUT2D eigenvalue weighted by Crippen LogP contribution is -1.94. The van der Waals surface area contributed by atoms with Gasteiger partial charge >= 0.3 is 0 Å². The van der Waals surface area contributed by atoms with Crippen LogP contribution in [0.4, 0.5) is 4.39 Å². The third-order valence-corrected chi connectivity index (χ3v) is 2.46. The average Bonchev–Trinajstić information content (AvgIpc) is 2.56. The van der Waals surface area contributed by atoms with Crippen LogP contribution in [-0.2, 0) is 0 Å². The van der Waals surface area contributed by atoms with Crippen LogP contribution in [-0.4, -0.2) is 4.57 Å². The summed E-state index contributed by atoms with van der Waals surface area (Å²) >= 11 is 2.09. The summed E-state index contributed by atoms with van der Waals surface area (Å²) in [6, 6.07) is 8.93. The van der Waals surface area contributed by atoms with Crippen molar-refractivity contribution >= 4 is 22.6 Å². The van der Waals surface area contributed by atoms with E-state index in [0.29, 0.717) is 5.69 Å². The van der Waals surface area contributed by atoms with Crippen LogP contribution in [0.5, 0.6) is 0 Å². The van der Waals surface area contributed by atoms with Gasteiger partial charge in [0.25, 0.3) is 0 Å². The lowest BCUT2D eigenvalue weighted by Gasteiger charge is -2.04. The lowest BCUT2D eigenvalue weighted by atomic mass is 10.3. The van der Waals surface area contributed by atoms with Gasteiger partial charge in [-0.25, -0.2) is 4.39 Å². The van der Waals surface area contributed by atoms with E-state index in [2.05, 4.69) is 22.6 Å². The zero-order valence-electron chi connectivity index (χ0n) is 6.74. The zero-order chi connectivity index (χ0) is 9.26. The van der Waals surface area contributed by atoms with Crippen molar-refractivity contribution < 1.29 is 4.39 Å². The average molecular weight is 287 g/mol. The molecule has 0 aliphatic heterocycles. The van der Waals surface area contributed by atoms with Crippen molar-refractivity contribution in [3.05, 3.63) is 52.1 Å². The monoisotopic (exact) mass is 287 g/mol. The first-order chi connectivity index (χ1) is 6.27. The van der Waals surface area contributed by atoms with Crippen molar-refractivity contribution in [1.82, 2.24) is 4.57 Å². The number of hydrogen-bond donors (Lipinski definition) is 0. The summed E-state index contributed by atoms with van der Waals surface area (Å²) in [4.78, 5) is 0. The van der Waals surface area contributed by atoms with E-state index in [1.807, 2.05) is 30.6 Å². The van der Waals surface area contributed by atoms with Gasteiger partial charge in [-0.3, -0.25) is 0 Å². The Labute approximate surface area is 89.3 Å². The Kier molecular flexibility index (Phi) is 2.35. The predicted molar refractivity (Wildman–Crippen MR) is 58.4 cm³/mol. The van der Waals surface area contributed by atoms with Gasteiger partial charge in [-0.05, 0) is 52.9 Å². The van der Waals surface area contributed by atoms with Crippen molar-refractivity contribution in [2.24, 2.45) is 0 Å². The van der Waals surface area contributed by atoms with Crippen LogP contribution in [0.25, 0.3) is 5.69 Å². The molecule has 0 spiro atoms. The fraction of sp³-hybridized carbons (Fsp3) is 0. The Hall–Kier alpha value is -0.840. The van der Waals surface area contributed by atoms with Crippen LogP contribution in [0, 0.1) is 9.39 Å². The molecular weight excluding hydrogens is 280 g/mol. The second-order valence-electron chi connectivity index (χ2n) is 2.69. The largest absolute Gasteiger partial charge is 0.321 e. The zero-order valence-corrected chi connectivity index (χ0v) is 8.90. The van der Waals surface area contributed by atoms with Crippen molar-refractivity contribution in [2.75, 3.05) is 0 Å². The number of nitrogens with zero attached hydrogens (tertiary/aromatic N) is 1. The van der Waals surface area contributed by atoms with E-state index in [-0.39, 0.29) is 5.82 Å². The molecule has 0 N–H and O–H groups in total. The van der Waals surface area contributed by atoms with E-state index in [4.69, 9.17) is 0 Å². The molecule has 0 saturated carbocycles. The Morgan fingerprint density at radius 1 is 1.15 bits per heavy atom. The molecule has 2 aromatic rings. The molecule has 0 unspecified atom stereocenters. The minimum atomic E-state index is -0.192. The lowest BCUT2D eigenvalue weighted by molar-refractivity contribution is 0.617. The molecule has 3 heteroatoms. The second kappa shape index (κ2) is 3.49. The van der Waals surface area contributed by atoms with Crippen LogP contribution in [0.15, 0.2) is 42.7 Å². The van der Waals surface area contributed by atoms with E-state index < -0.39 is 0 Å². The number of benzene rings is 1. The van der Waals surface area contributed by atoms with Gasteiger partial charge in [0, 0.05) is 16.0 Å². The molecule has 1 heterocycles. The summed E-state index contributed by atoms with van der Waals surface area (Å²) in [7, 11) is 0. The Bertz CT molecular complexity index is 409. The first-order valence-electron chi connectivity index (χ1n) is 3.86.